The van der Waals surface area contributed by atoms with E-state index in [1.54, 1.807) is 11.8 Å². The number of carboxylic acid groups (broad SMARTS) is 1. The average Bonchev–Trinajstić information content (AvgIpc) is 3.50. The summed E-state index contributed by atoms with van der Waals surface area (Å²) in [5.74, 6) is -0.856. The minimum atomic E-state index is -0.810. The molecule has 1 saturated heterocycles. The van der Waals surface area contributed by atoms with Gasteiger partial charge in [0.2, 0.25) is 5.91 Å². The Morgan fingerprint density at radius 3 is 2.06 bits per heavy atom. The molecule has 2 aromatic carbocycles. The molecule has 0 spiro atoms. The predicted molar refractivity (Wildman–Crippen MR) is 126 cm³/mol. The minimum Gasteiger partial charge on any atom is -0.481 e. The predicted octanol–water partition coefficient (Wildman–Crippen LogP) is 4.16. The number of likely N-dealkylation sites (tertiary alicyclic amines) is 1. The maximum Gasteiger partial charge on any atom is 0.407 e. The maximum atomic E-state index is 12.8. The molecule has 0 bridgehead atoms. The van der Waals surface area contributed by atoms with Crippen LogP contribution >= 0.6 is 0 Å². The summed E-state index contributed by atoms with van der Waals surface area (Å²) in [4.78, 5) is 38.7. The maximum absolute atomic E-state index is 12.8. The first-order chi connectivity index (χ1) is 16.3. The van der Waals surface area contributed by atoms with Gasteiger partial charge in [-0.15, -0.1) is 0 Å². The van der Waals surface area contributed by atoms with E-state index in [-0.39, 0.29) is 24.9 Å². The zero-order valence-corrected chi connectivity index (χ0v) is 19.4. The van der Waals surface area contributed by atoms with Crippen LogP contribution in [0, 0.1) is 5.41 Å². The summed E-state index contributed by atoms with van der Waals surface area (Å²) in [6, 6.07) is 16.4. The van der Waals surface area contributed by atoms with Crippen LogP contribution in [0.15, 0.2) is 48.5 Å². The Balaban J connectivity index is 1.16. The van der Waals surface area contributed by atoms with Crippen molar-refractivity contribution in [3.8, 4) is 11.1 Å². The molecule has 2 aromatic rings. The van der Waals surface area contributed by atoms with E-state index in [1.165, 1.54) is 11.1 Å². The van der Waals surface area contributed by atoms with Gasteiger partial charge in [-0.05, 0) is 54.9 Å². The van der Waals surface area contributed by atoms with Gasteiger partial charge >= 0.3 is 12.1 Å². The third kappa shape index (κ3) is 4.15. The first kappa shape index (κ1) is 22.4. The molecule has 2 N–H and O–H groups in total. The van der Waals surface area contributed by atoms with Gasteiger partial charge in [0.25, 0.3) is 0 Å². The van der Waals surface area contributed by atoms with Crippen LogP contribution in [0.4, 0.5) is 4.79 Å². The van der Waals surface area contributed by atoms with Gasteiger partial charge in [-0.1, -0.05) is 48.5 Å². The van der Waals surface area contributed by atoms with Crippen LogP contribution in [0.2, 0.25) is 0 Å². The number of amides is 2. The summed E-state index contributed by atoms with van der Waals surface area (Å²) in [6.07, 6.45) is 2.10. The molecule has 7 nitrogen and oxygen atoms in total. The van der Waals surface area contributed by atoms with E-state index in [0.29, 0.717) is 25.9 Å². The molecule has 178 valence electrons. The van der Waals surface area contributed by atoms with Crippen LogP contribution < -0.4 is 5.32 Å². The molecule has 0 radical (unpaired) electrons. The van der Waals surface area contributed by atoms with Gasteiger partial charge in [-0.3, -0.25) is 9.59 Å². The first-order valence-electron chi connectivity index (χ1n) is 11.9. The SMILES string of the molecule is CC1(C(=O)O)CCN(C(=O)CC2(NC(=O)OCC3c4ccccc4-c4ccccc43)CC2)CC1. The molecule has 0 atom stereocenters. The Hall–Kier alpha value is -3.35. The highest BCUT2D eigenvalue weighted by molar-refractivity contribution is 5.81. The van der Waals surface area contributed by atoms with Crippen LogP contribution in [0.1, 0.15) is 56.1 Å². The normalized spacial score (nSPS) is 19.6. The van der Waals surface area contributed by atoms with Crippen LogP contribution in [0.25, 0.3) is 11.1 Å². The van der Waals surface area contributed by atoms with Crippen molar-refractivity contribution < 1.29 is 24.2 Å². The molecular weight excluding hydrogens is 432 g/mol. The number of fused-ring (bicyclic) bond motifs is 3. The topological polar surface area (TPSA) is 95.9 Å². The van der Waals surface area contributed by atoms with Crippen molar-refractivity contribution in [1.82, 2.24) is 10.2 Å². The van der Waals surface area contributed by atoms with E-state index in [4.69, 9.17) is 4.74 Å². The summed E-state index contributed by atoms with van der Waals surface area (Å²) in [5.41, 5.74) is 3.35. The number of carbonyl (C=O) groups is 3. The number of carboxylic acids is 1. The lowest BCUT2D eigenvalue weighted by Crippen LogP contribution is -2.48. The molecule has 2 aliphatic carbocycles. The number of alkyl carbamates (subject to hydrolysis) is 1. The van der Waals surface area contributed by atoms with Gasteiger partial charge in [0.15, 0.2) is 0 Å². The van der Waals surface area contributed by atoms with Crippen LogP contribution in [0.3, 0.4) is 0 Å². The third-order valence-electron chi connectivity index (χ3n) is 7.79. The number of ether oxygens (including phenoxy) is 1. The Bertz CT molecular complexity index is 1090. The zero-order valence-electron chi connectivity index (χ0n) is 19.4. The summed E-state index contributed by atoms with van der Waals surface area (Å²) in [7, 11) is 0. The van der Waals surface area contributed by atoms with Gasteiger partial charge in [0.05, 0.1) is 17.4 Å². The van der Waals surface area contributed by atoms with Crippen molar-refractivity contribution in [2.24, 2.45) is 5.41 Å². The highest BCUT2D eigenvalue weighted by Crippen LogP contribution is 2.45. The second-order valence-corrected chi connectivity index (χ2v) is 10.2. The number of nitrogens with zero attached hydrogens (tertiary/aromatic N) is 1. The minimum absolute atomic E-state index is 0.00756. The number of piperidine rings is 1. The molecule has 34 heavy (non-hydrogen) atoms. The van der Waals surface area contributed by atoms with Crippen molar-refractivity contribution in [3.63, 3.8) is 0 Å². The lowest BCUT2D eigenvalue weighted by molar-refractivity contribution is -0.153. The summed E-state index contributed by atoms with van der Waals surface area (Å²) in [5, 5.41) is 12.3. The molecule has 1 aliphatic heterocycles. The van der Waals surface area contributed by atoms with Gasteiger partial charge in [0, 0.05) is 19.0 Å². The molecule has 0 unspecified atom stereocenters. The van der Waals surface area contributed by atoms with E-state index < -0.39 is 23.0 Å². The second kappa shape index (κ2) is 8.46. The number of rotatable bonds is 6. The van der Waals surface area contributed by atoms with Crippen molar-refractivity contribution in [2.75, 3.05) is 19.7 Å². The number of aliphatic carboxylic acids is 1. The van der Waals surface area contributed by atoms with Gasteiger partial charge in [-0.2, -0.15) is 0 Å². The molecule has 3 aliphatic rings. The number of hydrogen-bond acceptors (Lipinski definition) is 4. The fraction of sp³-hybridized carbons (Fsp3) is 0.444. The molecule has 7 heteroatoms. The van der Waals surface area contributed by atoms with Gasteiger partial charge in [-0.25, -0.2) is 4.79 Å². The van der Waals surface area contributed by atoms with Gasteiger partial charge in [0.1, 0.15) is 6.61 Å². The third-order valence-corrected chi connectivity index (χ3v) is 7.79. The summed E-state index contributed by atoms with van der Waals surface area (Å²) in [6.45, 7) is 2.84. The summed E-state index contributed by atoms with van der Waals surface area (Å²) < 4.78 is 5.66. The fourth-order valence-electron chi connectivity index (χ4n) is 5.21. The smallest absolute Gasteiger partial charge is 0.407 e. The van der Waals surface area contributed by atoms with Crippen LogP contribution in [0.5, 0.6) is 0 Å². The lowest BCUT2D eigenvalue weighted by Gasteiger charge is -2.37. The number of benzene rings is 2. The van der Waals surface area contributed by atoms with Crippen LogP contribution in [-0.4, -0.2) is 53.2 Å². The Morgan fingerprint density at radius 1 is 0.971 bits per heavy atom. The van der Waals surface area contributed by atoms with Crippen molar-refractivity contribution in [2.45, 2.75) is 50.5 Å². The van der Waals surface area contributed by atoms with Gasteiger partial charge < -0.3 is 20.1 Å². The van der Waals surface area contributed by atoms with Crippen molar-refractivity contribution in [1.29, 1.82) is 0 Å². The van der Waals surface area contributed by atoms with E-state index >= 15 is 0 Å². The standard InChI is InChI=1S/C27H30N2O5/c1-26(24(31)32)12-14-29(15-13-26)23(30)16-27(10-11-27)28-25(33)34-17-22-20-8-4-2-6-18(20)19-7-3-5-9-21(19)22/h2-9,22H,10-17H2,1H3,(H,28,33)(H,31,32). The molecule has 5 rings (SSSR count). The number of nitrogens with one attached hydrogen (secondary N) is 1. The molecule has 1 heterocycles. The number of hydrogen-bond donors (Lipinski definition) is 2. The summed E-state index contributed by atoms with van der Waals surface area (Å²) >= 11 is 0. The Morgan fingerprint density at radius 2 is 1.53 bits per heavy atom. The van der Waals surface area contributed by atoms with E-state index in [2.05, 4.69) is 29.6 Å². The van der Waals surface area contributed by atoms with E-state index in [9.17, 15) is 19.5 Å². The lowest BCUT2D eigenvalue weighted by atomic mass is 9.80. The number of carbonyl (C=O) groups excluding carboxylic acids is 2. The Kier molecular flexibility index (Phi) is 5.58. The highest BCUT2D eigenvalue weighted by atomic mass is 16.5. The molecule has 2 amide bonds. The fourth-order valence-corrected chi connectivity index (χ4v) is 5.21. The molecule has 0 aromatic heterocycles. The van der Waals surface area contributed by atoms with Crippen molar-refractivity contribution >= 4 is 18.0 Å². The van der Waals surface area contributed by atoms with Crippen LogP contribution in [-0.2, 0) is 14.3 Å². The molecule has 1 saturated carbocycles. The monoisotopic (exact) mass is 462 g/mol. The zero-order chi connectivity index (χ0) is 23.9. The highest BCUT2D eigenvalue weighted by Gasteiger charge is 2.48. The molecule has 2 fully saturated rings. The average molecular weight is 463 g/mol. The van der Waals surface area contributed by atoms with E-state index in [0.717, 1.165) is 24.0 Å². The largest absolute Gasteiger partial charge is 0.481 e. The van der Waals surface area contributed by atoms with Crippen molar-refractivity contribution in [3.05, 3.63) is 59.7 Å². The first-order valence-corrected chi connectivity index (χ1v) is 11.9. The molecular formula is C27H30N2O5. The second-order valence-electron chi connectivity index (χ2n) is 10.2. The Labute approximate surface area is 199 Å². The van der Waals surface area contributed by atoms with E-state index in [1.807, 2.05) is 24.3 Å². The quantitative estimate of drug-likeness (QED) is 0.672.